The summed E-state index contributed by atoms with van der Waals surface area (Å²) in [6.07, 6.45) is 4.09. The third-order valence-electron chi connectivity index (χ3n) is 4.82. The van der Waals surface area contributed by atoms with Gasteiger partial charge in [0.2, 0.25) is 5.91 Å². The number of rotatable bonds is 6. The Labute approximate surface area is 162 Å². The summed E-state index contributed by atoms with van der Waals surface area (Å²) in [6.45, 7) is 2.71. The normalized spacial score (nSPS) is 17.0. The van der Waals surface area contributed by atoms with Crippen molar-refractivity contribution in [2.75, 3.05) is 13.1 Å². The van der Waals surface area contributed by atoms with Gasteiger partial charge in [-0.25, -0.2) is 4.98 Å². The molecule has 0 spiro atoms. The second kappa shape index (κ2) is 8.45. The highest BCUT2D eigenvalue weighted by Gasteiger charge is 2.20. The summed E-state index contributed by atoms with van der Waals surface area (Å²) in [5.74, 6) is 0.390. The molecule has 1 aliphatic heterocycles. The molecule has 27 heavy (non-hydrogen) atoms. The summed E-state index contributed by atoms with van der Waals surface area (Å²) < 4.78 is 1.82. The van der Waals surface area contributed by atoms with E-state index in [4.69, 9.17) is 0 Å². The second-order valence-electron chi connectivity index (χ2n) is 6.73. The molecule has 1 unspecified atom stereocenters. The van der Waals surface area contributed by atoms with Crippen molar-refractivity contribution in [3.63, 3.8) is 0 Å². The number of aromatic nitrogens is 3. The highest BCUT2D eigenvalue weighted by Crippen LogP contribution is 2.23. The van der Waals surface area contributed by atoms with Crippen LogP contribution in [0.3, 0.4) is 0 Å². The molecule has 1 aliphatic rings. The fraction of sp³-hybridized carbons (Fsp3) is 0.350. The van der Waals surface area contributed by atoms with Crippen molar-refractivity contribution in [1.29, 1.82) is 0 Å². The van der Waals surface area contributed by atoms with Crippen molar-refractivity contribution in [1.82, 2.24) is 25.4 Å². The van der Waals surface area contributed by atoms with Gasteiger partial charge in [0.05, 0.1) is 12.2 Å². The Balaban J connectivity index is 1.33. The lowest BCUT2D eigenvalue weighted by Crippen LogP contribution is -2.32. The van der Waals surface area contributed by atoms with E-state index in [1.807, 2.05) is 46.5 Å². The molecule has 0 aliphatic carbocycles. The smallest absolute Gasteiger partial charge is 0.242 e. The molecule has 3 heterocycles. The predicted octanol–water partition coefficient (Wildman–Crippen LogP) is 2.79. The molecule has 1 amide bonds. The third-order valence-corrected chi connectivity index (χ3v) is 5.66. The number of amides is 1. The number of hydrogen-bond donors (Lipinski definition) is 2. The Kier molecular flexibility index (Phi) is 5.60. The maximum Gasteiger partial charge on any atom is 0.242 e. The van der Waals surface area contributed by atoms with Crippen LogP contribution < -0.4 is 10.6 Å². The Bertz CT molecular complexity index is 883. The summed E-state index contributed by atoms with van der Waals surface area (Å²) in [6, 6.07) is 12.1. The Morgan fingerprint density at radius 2 is 2.19 bits per heavy atom. The molecule has 1 aromatic carbocycles. The number of piperidine rings is 1. The topological polar surface area (TPSA) is 71.8 Å². The number of nitrogens with one attached hydrogen (secondary N) is 2. The number of thiazole rings is 1. The average molecular weight is 382 g/mol. The van der Waals surface area contributed by atoms with Crippen LogP contribution in [-0.2, 0) is 17.9 Å². The van der Waals surface area contributed by atoms with E-state index in [1.165, 1.54) is 0 Å². The second-order valence-corrected chi connectivity index (χ2v) is 7.67. The lowest BCUT2D eigenvalue weighted by molar-refractivity contribution is -0.122. The number of carbonyl (C=O) groups is 1. The van der Waals surface area contributed by atoms with Crippen LogP contribution in [0, 0.1) is 0 Å². The van der Waals surface area contributed by atoms with Gasteiger partial charge >= 0.3 is 0 Å². The number of benzene rings is 1. The van der Waals surface area contributed by atoms with Crippen LogP contribution in [0.4, 0.5) is 0 Å². The largest absolute Gasteiger partial charge is 0.348 e. The zero-order chi connectivity index (χ0) is 18.5. The quantitative estimate of drug-likeness (QED) is 0.689. The van der Waals surface area contributed by atoms with Crippen molar-refractivity contribution >= 4 is 17.2 Å². The summed E-state index contributed by atoms with van der Waals surface area (Å²) in [5.41, 5.74) is 3.18. The van der Waals surface area contributed by atoms with Crippen LogP contribution in [0.15, 0.2) is 48.0 Å². The molecule has 140 valence electrons. The van der Waals surface area contributed by atoms with E-state index in [2.05, 4.69) is 20.7 Å². The molecule has 7 heteroatoms. The molecular formula is C20H23N5OS. The minimum absolute atomic E-state index is 0.0415. The standard InChI is InChI=1S/C20H23N5OS/c26-19(13-25-18(8-10-23-25)16-7-4-9-21-11-16)22-12-20-24-17(14-27-20)15-5-2-1-3-6-15/h1-3,5-6,8,10,14,16,21H,4,7,9,11-13H2,(H,22,26). The summed E-state index contributed by atoms with van der Waals surface area (Å²) in [4.78, 5) is 17.0. The Morgan fingerprint density at radius 3 is 3.00 bits per heavy atom. The van der Waals surface area contributed by atoms with Gasteiger partial charge in [0.25, 0.3) is 0 Å². The first-order valence-corrected chi connectivity index (χ1v) is 10.2. The van der Waals surface area contributed by atoms with Crippen LogP contribution >= 0.6 is 11.3 Å². The van der Waals surface area contributed by atoms with Gasteiger partial charge in [-0.05, 0) is 25.5 Å². The van der Waals surface area contributed by atoms with Crippen molar-refractivity contribution in [2.24, 2.45) is 0 Å². The van der Waals surface area contributed by atoms with Gasteiger partial charge in [0.1, 0.15) is 11.6 Å². The van der Waals surface area contributed by atoms with E-state index in [-0.39, 0.29) is 12.5 Å². The lowest BCUT2D eigenvalue weighted by atomic mass is 9.96. The average Bonchev–Trinajstić information content (AvgIpc) is 3.37. The van der Waals surface area contributed by atoms with E-state index >= 15 is 0 Å². The zero-order valence-electron chi connectivity index (χ0n) is 15.1. The van der Waals surface area contributed by atoms with Crippen LogP contribution in [0.1, 0.15) is 29.5 Å². The zero-order valence-corrected chi connectivity index (χ0v) is 15.9. The first kappa shape index (κ1) is 17.9. The molecular weight excluding hydrogens is 358 g/mol. The molecule has 0 saturated carbocycles. The van der Waals surface area contributed by atoms with Gasteiger partial charge in [-0.15, -0.1) is 11.3 Å². The van der Waals surface area contributed by atoms with Gasteiger partial charge in [0, 0.05) is 35.3 Å². The van der Waals surface area contributed by atoms with E-state index < -0.39 is 0 Å². The maximum absolute atomic E-state index is 12.4. The molecule has 4 rings (SSSR count). The minimum atomic E-state index is -0.0415. The van der Waals surface area contributed by atoms with Gasteiger partial charge in [0.15, 0.2) is 0 Å². The van der Waals surface area contributed by atoms with Gasteiger partial charge in [-0.3, -0.25) is 9.48 Å². The highest BCUT2D eigenvalue weighted by molar-refractivity contribution is 7.09. The fourth-order valence-electron chi connectivity index (χ4n) is 3.43. The molecule has 2 N–H and O–H groups in total. The molecule has 1 saturated heterocycles. The van der Waals surface area contributed by atoms with Gasteiger partial charge in [-0.2, -0.15) is 5.10 Å². The lowest BCUT2D eigenvalue weighted by Gasteiger charge is -2.23. The molecule has 1 atom stereocenters. The third kappa shape index (κ3) is 4.43. The first-order valence-electron chi connectivity index (χ1n) is 9.28. The van der Waals surface area contributed by atoms with Crippen molar-refractivity contribution in [2.45, 2.75) is 31.8 Å². The van der Waals surface area contributed by atoms with Crippen molar-refractivity contribution < 1.29 is 4.79 Å². The monoisotopic (exact) mass is 381 g/mol. The first-order chi connectivity index (χ1) is 13.3. The highest BCUT2D eigenvalue weighted by atomic mass is 32.1. The van der Waals surface area contributed by atoms with Crippen molar-refractivity contribution in [3.05, 3.63) is 58.7 Å². The number of nitrogens with zero attached hydrogens (tertiary/aromatic N) is 3. The molecule has 0 radical (unpaired) electrons. The van der Waals surface area contributed by atoms with E-state index in [0.717, 1.165) is 47.9 Å². The van der Waals surface area contributed by atoms with Crippen LogP contribution in [0.25, 0.3) is 11.3 Å². The number of carbonyl (C=O) groups excluding carboxylic acids is 1. The van der Waals surface area contributed by atoms with Crippen molar-refractivity contribution in [3.8, 4) is 11.3 Å². The predicted molar refractivity (Wildman–Crippen MR) is 106 cm³/mol. The summed E-state index contributed by atoms with van der Waals surface area (Å²) >= 11 is 1.56. The van der Waals surface area contributed by atoms with E-state index in [0.29, 0.717) is 12.5 Å². The molecule has 0 bridgehead atoms. The summed E-state index contributed by atoms with van der Waals surface area (Å²) in [5, 5.41) is 13.7. The minimum Gasteiger partial charge on any atom is -0.348 e. The SMILES string of the molecule is O=C(Cn1nccc1C1CCCNC1)NCc1nc(-c2ccccc2)cs1. The Hall–Kier alpha value is -2.51. The maximum atomic E-state index is 12.4. The Morgan fingerprint density at radius 1 is 1.30 bits per heavy atom. The molecule has 6 nitrogen and oxygen atoms in total. The molecule has 1 fully saturated rings. The van der Waals surface area contributed by atoms with Crippen LogP contribution in [0.5, 0.6) is 0 Å². The molecule has 2 aromatic heterocycles. The van der Waals surface area contributed by atoms with E-state index in [1.54, 1.807) is 17.5 Å². The van der Waals surface area contributed by atoms with Crippen LogP contribution in [0.2, 0.25) is 0 Å². The van der Waals surface area contributed by atoms with Crippen LogP contribution in [-0.4, -0.2) is 33.8 Å². The summed E-state index contributed by atoms with van der Waals surface area (Å²) in [7, 11) is 0. The van der Waals surface area contributed by atoms with Gasteiger partial charge in [-0.1, -0.05) is 30.3 Å². The molecule has 3 aromatic rings. The van der Waals surface area contributed by atoms with Gasteiger partial charge < -0.3 is 10.6 Å². The number of hydrogen-bond acceptors (Lipinski definition) is 5. The fourth-order valence-corrected chi connectivity index (χ4v) is 4.17. The van der Waals surface area contributed by atoms with E-state index in [9.17, 15) is 4.79 Å².